The van der Waals surface area contributed by atoms with Crippen LogP contribution in [0.4, 0.5) is 4.39 Å². The normalized spacial score (nSPS) is 9.26. The fourth-order valence-corrected chi connectivity index (χ4v) is 1.28. The lowest BCUT2D eigenvalue weighted by Gasteiger charge is -2.15. The van der Waals surface area contributed by atoms with Crippen LogP contribution in [0.1, 0.15) is 12.0 Å². The summed E-state index contributed by atoms with van der Waals surface area (Å²) in [4.78, 5) is 12.9. The second-order valence-electron chi connectivity index (χ2n) is 3.77. The summed E-state index contributed by atoms with van der Waals surface area (Å²) in [6, 6.07) is 7.47. The molecule has 1 aromatic carbocycles. The summed E-state index contributed by atoms with van der Waals surface area (Å²) >= 11 is 0. The number of rotatable bonds is 5. The highest BCUT2D eigenvalue weighted by molar-refractivity contribution is 5.77. The average Bonchev–Trinajstić information content (AvgIpc) is 2.42. The Balaban J connectivity index is 2.56. The van der Waals surface area contributed by atoms with Crippen molar-refractivity contribution in [2.75, 3.05) is 20.2 Å². The van der Waals surface area contributed by atoms with Gasteiger partial charge in [0, 0.05) is 13.6 Å². The first-order valence-corrected chi connectivity index (χ1v) is 5.52. The van der Waals surface area contributed by atoms with Crippen molar-refractivity contribution in [2.45, 2.75) is 6.42 Å². The Kier molecular flexibility index (Phi) is 5.31. The standard InChI is InChI=1S/C13H12FN3O2/c1-17(6-2-5-15)13(18)9-19-12-4-3-10(8-16)7-11(12)14/h3-4,7H,2,6,9H2,1H3. The van der Waals surface area contributed by atoms with Gasteiger partial charge in [-0.15, -0.1) is 0 Å². The number of nitrogens with zero attached hydrogens (tertiary/aromatic N) is 3. The molecule has 0 aliphatic carbocycles. The number of hydrogen-bond donors (Lipinski definition) is 0. The lowest BCUT2D eigenvalue weighted by molar-refractivity contribution is -0.132. The van der Waals surface area contributed by atoms with Crippen LogP contribution >= 0.6 is 0 Å². The van der Waals surface area contributed by atoms with E-state index in [4.69, 9.17) is 15.3 Å². The number of carbonyl (C=O) groups excluding carboxylic acids is 1. The first-order chi connectivity index (χ1) is 9.08. The molecule has 0 spiro atoms. The second kappa shape index (κ2) is 6.97. The zero-order valence-corrected chi connectivity index (χ0v) is 10.4. The predicted octanol–water partition coefficient (Wildman–Crippen LogP) is 1.45. The Morgan fingerprint density at radius 1 is 1.47 bits per heavy atom. The van der Waals surface area contributed by atoms with Crippen LogP contribution in [0.3, 0.4) is 0 Å². The van der Waals surface area contributed by atoms with Crippen molar-refractivity contribution >= 4 is 5.91 Å². The molecule has 0 aliphatic heterocycles. The second-order valence-corrected chi connectivity index (χ2v) is 3.77. The molecule has 6 heteroatoms. The van der Waals surface area contributed by atoms with E-state index in [1.54, 1.807) is 6.07 Å². The van der Waals surface area contributed by atoms with Gasteiger partial charge >= 0.3 is 0 Å². The van der Waals surface area contributed by atoms with Gasteiger partial charge < -0.3 is 9.64 Å². The molecule has 0 saturated heterocycles. The van der Waals surface area contributed by atoms with Gasteiger partial charge in [0.25, 0.3) is 5.91 Å². The summed E-state index contributed by atoms with van der Waals surface area (Å²) in [5, 5.41) is 17.0. The highest BCUT2D eigenvalue weighted by atomic mass is 19.1. The Morgan fingerprint density at radius 2 is 2.21 bits per heavy atom. The van der Waals surface area contributed by atoms with Crippen molar-refractivity contribution in [3.63, 3.8) is 0 Å². The maximum atomic E-state index is 13.4. The van der Waals surface area contributed by atoms with Crippen LogP contribution < -0.4 is 4.74 Å². The molecule has 0 radical (unpaired) electrons. The molecule has 0 fully saturated rings. The smallest absolute Gasteiger partial charge is 0.260 e. The fraction of sp³-hybridized carbons (Fsp3) is 0.308. The van der Waals surface area contributed by atoms with Crippen LogP contribution in [0, 0.1) is 28.5 Å². The fourth-order valence-electron chi connectivity index (χ4n) is 1.28. The summed E-state index contributed by atoms with van der Waals surface area (Å²) < 4.78 is 18.5. The molecule has 5 nitrogen and oxygen atoms in total. The largest absolute Gasteiger partial charge is 0.481 e. The number of carbonyl (C=O) groups is 1. The van der Waals surface area contributed by atoms with Crippen LogP contribution in [0.15, 0.2) is 18.2 Å². The van der Waals surface area contributed by atoms with Crippen LogP contribution in [-0.2, 0) is 4.79 Å². The molecule has 1 aromatic rings. The Bertz CT molecular complexity index is 546. The number of nitriles is 2. The van der Waals surface area contributed by atoms with Gasteiger partial charge in [-0.05, 0) is 18.2 Å². The summed E-state index contributed by atoms with van der Waals surface area (Å²) in [6.07, 6.45) is 0.230. The highest BCUT2D eigenvalue weighted by Crippen LogP contribution is 2.17. The van der Waals surface area contributed by atoms with E-state index in [1.807, 2.05) is 6.07 Å². The van der Waals surface area contributed by atoms with Crippen molar-refractivity contribution in [3.8, 4) is 17.9 Å². The van der Waals surface area contributed by atoms with E-state index < -0.39 is 5.82 Å². The van der Waals surface area contributed by atoms with Crippen LogP contribution in [0.25, 0.3) is 0 Å². The third-order valence-corrected chi connectivity index (χ3v) is 2.40. The monoisotopic (exact) mass is 261 g/mol. The highest BCUT2D eigenvalue weighted by Gasteiger charge is 2.11. The summed E-state index contributed by atoms with van der Waals surface area (Å²) in [5.74, 6) is -1.12. The number of hydrogen-bond acceptors (Lipinski definition) is 4. The van der Waals surface area contributed by atoms with Crippen LogP contribution in [0.5, 0.6) is 5.75 Å². The zero-order valence-electron chi connectivity index (χ0n) is 10.4. The van der Waals surface area contributed by atoms with E-state index in [0.29, 0.717) is 6.54 Å². The Labute approximate surface area is 110 Å². The quantitative estimate of drug-likeness (QED) is 0.803. The minimum atomic E-state index is -0.688. The van der Waals surface area contributed by atoms with Gasteiger partial charge in [-0.25, -0.2) is 4.39 Å². The summed E-state index contributed by atoms with van der Waals surface area (Å²) in [7, 11) is 1.54. The predicted molar refractivity (Wildman–Crippen MR) is 64.5 cm³/mol. The topological polar surface area (TPSA) is 77.1 Å². The molecule has 0 bridgehead atoms. The lowest BCUT2D eigenvalue weighted by Crippen LogP contribution is -2.32. The maximum absolute atomic E-state index is 13.4. The molecule has 0 heterocycles. The molecule has 98 valence electrons. The first kappa shape index (κ1) is 14.5. The van der Waals surface area contributed by atoms with E-state index in [-0.39, 0.29) is 30.2 Å². The molecular formula is C13H12FN3O2. The zero-order chi connectivity index (χ0) is 14.3. The number of amides is 1. The summed E-state index contributed by atoms with van der Waals surface area (Å²) in [6.45, 7) is -0.0146. The van der Waals surface area contributed by atoms with Crippen molar-refractivity contribution in [1.82, 2.24) is 4.90 Å². The van der Waals surface area contributed by atoms with E-state index >= 15 is 0 Å². The molecule has 0 saturated carbocycles. The van der Waals surface area contributed by atoms with Gasteiger partial charge in [0.2, 0.25) is 0 Å². The van der Waals surface area contributed by atoms with Crippen molar-refractivity contribution in [3.05, 3.63) is 29.6 Å². The van der Waals surface area contributed by atoms with Gasteiger partial charge in [-0.2, -0.15) is 10.5 Å². The first-order valence-electron chi connectivity index (χ1n) is 5.52. The minimum Gasteiger partial charge on any atom is -0.481 e. The van der Waals surface area contributed by atoms with Gasteiger partial charge in [0.05, 0.1) is 24.1 Å². The molecule has 0 unspecified atom stereocenters. The average molecular weight is 261 g/mol. The minimum absolute atomic E-state index is 0.0824. The van der Waals surface area contributed by atoms with E-state index in [1.165, 1.54) is 24.1 Å². The molecule has 0 aliphatic rings. The molecule has 0 atom stereocenters. The van der Waals surface area contributed by atoms with Crippen molar-refractivity contribution < 1.29 is 13.9 Å². The summed E-state index contributed by atoms with van der Waals surface area (Å²) in [5.41, 5.74) is 0.183. The third-order valence-electron chi connectivity index (χ3n) is 2.40. The maximum Gasteiger partial charge on any atom is 0.260 e. The van der Waals surface area contributed by atoms with Gasteiger partial charge in [-0.3, -0.25) is 4.79 Å². The Morgan fingerprint density at radius 3 is 2.79 bits per heavy atom. The molecule has 1 rings (SSSR count). The molecular weight excluding hydrogens is 249 g/mol. The van der Waals surface area contributed by atoms with Gasteiger partial charge in [0.15, 0.2) is 18.2 Å². The van der Waals surface area contributed by atoms with Gasteiger partial charge in [-0.1, -0.05) is 0 Å². The third kappa shape index (κ3) is 4.29. The number of benzene rings is 1. The number of likely N-dealkylation sites (N-methyl/N-ethyl adjacent to an activating group) is 1. The number of halogens is 1. The SMILES string of the molecule is CN(CCC#N)C(=O)COc1ccc(C#N)cc1F. The van der Waals surface area contributed by atoms with Crippen LogP contribution in [-0.4, -0.2) is 31.0 Å². The Hall–Kier alpha value is -2.60. The molecule has 1 amide bonds. The number of ether oxygens (including phenoxy) is 1. The molecule has 19 heavy (non-hydrogen) atoms. The van der Waals surface area contributed by atoms with Gasteiger partial charge in [0.1, 0.15) is 0 Å². The van der Waals surface area contributed by atoms with Crippen LogP contribution in [0.2, 0.25) is 0 Å². The lowest BCUT2D eigenvalue weighted by atomic mass is 10.2. The van der Waals surface area contributed by atoms with E-state index in [0.717, 1.165) is 6.07 Å². The molecule has 0 N–H and O–H groups in total. The van der Waals surface area contributed by atoms with E-state index in [2.05, 4.69) is 0 Å². The van der Waals surface area contributed by atoms with Crippen molar-refractivity contribution in [1.29, 1.82) is 10.5 Å². The van der Waals surface area contributed by atoms with Crippen molar-refractivity contribution in [2.24, 2.45) is 0 Å². The van der Waals surface area contributed by atoms with E-state index in [9.17, 15) is 9.18 Å². The molecule has 0 aromatic heterocycles.